The third-order valence-corrected chi connectivity index (χ3v) is 5.18. The van der Waals surface area contributed by atoms with Crippen molar-refractivity contribution in [2.45, 2.75) is 19.1 Å². The van der Waals surface area contributed by atoms with E-state index in [4.69, 9.17) is 4.74 Å². The Balaban J connectivity index is 1.45. The van der Waals surface area contributed by atoms with Crippen LogP contribution in [0.2, 0.25) is 0 Å². The van der Waals surface area contributed by atoms with Gasteiger partial charge in [0, 0.05) is 23.5 Å². The predicted molar refractivity (Wildman–Crippen MR) is 128 cm³/mol. The van der Waals surface area contributed by atoms with Crippen molar-refractivity contribution in [1.82, 2.24) is 15.7 Å². The molecule has 0 fully saturated rings. The highest BCUT2D eigenvalue weighted by Gasteiger charge is 2.23. The second-order valence-electron chi connectivity index (χ2n) is 7.61. The molecule has 4 rings (SSSR count). The second kappa shape index (κ2) is 10.9. The molecular formula is C26H23FN4O3. The summed E-state index contributed by atoms with van der Waals surface area (Å²) in [7, 11) is 0. The number of nitrogens with zero attached hydrogens (tertiary/aromatic N) is 1. The zero-order chi connectivity index (χ0) is 23.8. The summed E-state index contributed by atoms with van der Waals surface area (Å²) in [6.45, 7) is 0.0802. The van der Waals surface area contributed by atoms with Crippen LogP contribution in [0.5, 0.6) is 0 Å². The number of para-hydroxylation sites is 1. The number of hydrogen-bond acceptors (Lipinski definition) is 4. The average Bonchev–Trinajstić information content (AvgIpc) is 3.27. The van der Waals surface area contributed by atoms with E-state index in [0.29, 0.717) is 5.56 Å². The number of nitrogens with one attached hydrogen (secondary N) is 3. The van der Waals surface area contributed by atoms with Gasteiger partial charge >= 0.3 is 6.09 Å². The zero-order valence-electron chi connectivity index (χ0n) is 18.2. The minimum atomic E-state index is -0.937. The Morgan fingerprint density at radius 1 is 1.00 bits per heavy atom. The maximum atomic E-state index is 13.1. The first kappa shape index (κ1) is 22.7. The van der Waals surface area contributed by atoms with Crippen LogP contribution in [-0.2, 0) is 22.6 Å². The Hall–Kier alpha value is -4.46. The molecule has 0 aliphatic carbocycles. The molecule has 0 aliphatic heterocycles. The van der Waals surface area contributed by atoms with Crippen LogP contribution >= 0.6 is 0 Å². The molecule has 0 bridgehead atoms. The van der Waals surface area contributed by atoms with Crippen LogP contribution < -0.4 is 10.7 Å². The smallest absolute Gasteiger partial charge is 0.408 e. The first-order chi connectivity index (χ1) is 16.6. The molecule has 2 amide bonds. The van der Waals surface area contributed by atoms with Crippen molar-refractivity contribution < 1.29 is 18.7 Å². The Morgan fingerprint density at radius 3 is 2.53 bits per heavy atom. The van der Waals surface area contributed by atoms with E-state index in [1.54, 1.807) is 0 Å². The fraction of sp³-hybridized carbons (Fsp3) is 0.115. The molecule has 172 valence electrons. The normalized spacial score (nSPS) is 11.9. The summed E-state index contributed by atoms with van der Waals surface area (Å²) in [5, 5.41) is 7.53. The van der Waals surface area contributed by atoms with Gasteiger partial charge in [0.25, 0.3) is 5.91 Å². The summed E-state index contributed by atoms with van der Waals surface area (Å²) < 4.78 is 18.3. The van der Waals surface area contributed by atoms with E-state index >= 15 is 0 Å². The van der Waals surface area contributed by atoms with Crippen LogP contribution in [0.1, 0.15) is 16.7 Å². The van der Waals surface area contributed by atoms with Gasteiger partial charge in [0.15, 0.2) is 0 Å². The molecule has 8 heteroatoms. The van der Waals surface area contributed by atoms with Gasteiger partial charge < -0.3 is 15.0 Å². The van der Waals surface area contributed by atoms with Gasteiger partial charge in [-0.1, -0.05) is 60.7 Å². The highest BCUT2D eigenvalue weighted by atomic mass is 19.1. The topological polar surface area (TPSA) is 95.6 Å². The Bertz CT molecular complexity index is 1290. The van der Waals surface area contributed by atoms with Crippen LogP contribution in [-0.4, -0.2) is 29.2 Å². The molecule has 0 saturated carbocycles. The van der Waals surface area contributed by atoms with Gasteiger partial charge in [-0.25, -0.2) is 14.6 Å². The molecule has 3 N–H and O–H groups in total. The summed E-state index contributed by atoms with van der Waals surface area (Å²) in [4.78, 5) is 28.5. The highest BCUT2D eigenvalue weighted by molar-refractivity contribution is 5.89. The number of hydrazone groups is 1. The van der Waals surface area contributed by atoms with E-state index in [1.165, 1.54) is 30.5 Å². The lowest BCUT2D eigenvalue weighted by Crippen LogP contribution is -2.47. The van der Waals surface area contributed by atoms with Crippen LogP contribution in [0, 0.1) is 5.82 Å². The average molecular weight is 458 g/mol. The van der Waals surface area contributed by atoms with Crippen LogP contribution in [0.25, 0.3) is 10.9 Å². The number of fused-ring (bicyclic) bond motifs is 1. The second-order valence-corrected chi connectivity index (χ2v) is 7.61. The molecule has 0 saturated heterocycles. The van der Waals surface area contributed by atoms with E-state index in [-0.39, 0.29) is 18.8 Å². The van der Waals surface area contributed by atoms with Crippen molar-refractivity contribution in [1.29, 1.82) is 0 Å². The number of carbonyl (C=O) groups excluding carboxylic acids is 2. The van der Waals surface area contributed by atoms with Gasteiger partial charge in [-0.15, -0.1) is 0 Å². The van der Waals surface area contributed by atoms with Gasteiger partial charge in [0.2, 0.25) is 0 Å². The molecule has 1 heterocycles. The number of benzene rings is 3. The molecule has 3 aromatic carbocycles. The number of amides is 2. The lowest BCUT2D eigenvalue weighted by Gasteiger charge is -2.17. The maximum absolute atomic E-state index is 13.1. The Labute approximate surface area is 195 Å². The Morgan fingerprint density at radius 2 is 1.74 bits per heavy atom. The lowest BCUT2D eigenvalue weighted by molar-refractivity contribution is -0.123. The monoisotopic (exact) mass is 458 g/mol. The van der Waals surface area contributed by atoms with Crippen LogP contribution in [0.4, 0.5) is 9.18 Å². The van der Waals surface area contributed by atoms with Gasteiger partial charge in [-0.05, 0) is 34.9 Å². The van der Waals surface area contributed by atoms with Crippen molar-refractivity contribution in [3.05, 3.63) is 108 Å². The number of hydrogen-bond donors (Lipinski definition) is 3. The van der Waals surface area contributed by atoms with Crippen molar-refractivity contribution in [3.8, 4) is 0 Å². The predicted octanol–water partition coefficient (Wildman–Crippen LogP) is 4.29. The van der Waals surface area contributed by atoms with Crippen LogP contribution in [0.3, 0.4) is 0 Å². The first-order valence-electron chi connectivity index (χ1n) is 10.7. The summed E-state index contributed by atoms with van der Waals surface area (Å²) in [6, 6.07) is 21.7. The summed E-state index contributed by atoms with van der Waals surface area (Å²) >= 11 is 0. The van der Waals surface area contributed by atoms with Gasteiger partial charge in [-0.3, -0.25) is 4.79 Å². The summed E-state index contributed by atoms with van der Waals surface area (Å²) in [5.41, 5.74) is 5.68. The number of alkyl carbamates (subject to hydrolysis) is 1. The lowest BCUT2D eigenvalue weighted by atomic mass is 10.0. The van der Waals surface area contributed by atoms with Gasteiger partial charge in [0.1, 0.15) is 18.5 Å². The maximum Gasteiger partial charge on any atom is 0.408 e. The number of halogens is 1. The standard InChI is InChI=1S/C26H23FN4O3/c27-21-12-10-18(11-13-21)15-29-31-25(32)24(14-20-16-28-23-9-5-4-8-22(20)23)30-26(33)34-17-19-6-2-1-3-7-19/h1-13,15-16,24,28H,14,17H2,(H,30,33)(H,31,32)/b29-15-/t24-/m1/s1. The zero-order valence-corrected chi connectivity index (χ0v) is 18.2. The number of ether oxygens (including phenoxy) is 1. The SMILES string of the molecule is O=C(N[C@H](Cc1c[nH]c2ccccc12)C(=O)N/N=C\c1ccc(F)cc1)OCc1ccccc1. The quantitative estimate of drug-likeness (QED) is 0.271. The number of H-pyrrole nitrogens is 1. The molecule has 0 unspecified atom stereocenters. The van der Waals surface area contributed by atoms with Gasteiger partial charge in [0.05, 0.1) is 6.21 Å². The molecule has 0 aliphatic rings. The van der Waals surface area contributed by atoms with Crippen molar-refractivity contribution in [2.24, 2.45) is 5.10 Å². The molecule has 1 aromatic heterocycles. The highest BCUT2D eigenvalue weighted by Crippen LogP contribution is 2.19. The molecular weight excluding hydrogens is 435 g/mol. The minimum absolute atomic E-state index is 0.0802. The van der Waals surface area contributed by atoms with E-state index in [2.05, 4.69) is 20.8 Å². The number of rotatable bonds is 8. The van der Waals surface area contributed by atoms with E-state index in [1.807, 2.05) is 60.8 Å². The van der Waals surface area contributed by atoms with E-state index in [9.17, 15) is 14.0 Å². The molecule has 0 radical (unpaired) electrons. The molecule has 0 spiro atoms. The third kappa shape index (κ3) is 6.07. The van der Waals surface area contributed by atoms with Crippen molar-refractivity contribution in [2.75, 3.05) is 0 Å². The number of aromatic nitrogens is 1. The van der Waals surface area contributed by atoms with Crippen molar-refractivity contribution >= 4 is 29.1 Å². The summed E-state index contributed by atoms with van der Waals surface area (Å²) in [5.74, 6) is -0.876. The molecule has 34 heavy (non-hydrogen) atoms. The van der Waals surface area contributed by atoms with E-state index in [0.717, 1.165) is 22.0 Å². The van der Waals surface area contributed by atoms with Crippen molar-refractivity contribution in [3.63, 3.8) is 0 Å². The fourth-order valence-corrected chi connectivity index (χ4v) is 3.43. The molecule has 1 atom stereocenters. The minimum Gasteiger partial charge on any atom is -0.445 e. The summed E-state index contributed by atoms with van der Waals surface area (Å²) in [6.07, 6.45) is 2.71. The Kier molecular flexibility index (Phi) is 7.29. The number of aromatic amines is 1. The largest absolute Gasteiger partial charge is 0.445 e. The molecule has 4 aromatic rings. The molecule has 7 nitrogen and oxygen atoms in total. The third-order valence-electron chi connectivity index (χ3n) is 5.18. The van der Waals surface area contributed by atoms with Crippen LogP contribution in [0.15, 0.2) is 90.2 Å². The number of carbonyl (C=O) groups is 2. The van der Waals surface area contributed by atoms with E-state index < -0.39 is 18.0 Å². The fourth-order valence-electron chi connectivity index (χ4n) is 3.43. The first-order valence-corrected chi connectivity index (χ1v) is 10.7. The van der Waals surface area contributed by atoms with Gasteiger partial charge in [-0.2, -0.15) is 5.10 Å².